The smallest absolute Gasteiger partial charge is 0.137 e. The zero-order valence-electron chi connectivity index (χ0n) is 12.2. The quantitative estimate of drug-likeness (QED) is 0.800. The Morgan fingerprint density at radius 3 is 2.81 bits per heavy atom. The monoisotopic (exact) mass is 283 g/mol. The van der Waals surface area contributed by atoms with Crippen LogP contribution in [0.1, 0.15) is 31.2 Å². The van der Waals surface area contributed by atoms with Crippen molar-refractivity contribution in [2.45, 2.75) is 38.3 Å². The van der Waals surface area contributed by atoms with Crippen LogP contribution in [0.2, 0.25) is 0 Å². The molecule has 4 atom stereocenters. The summed E-state index contributed by atoms with van der Waals surface area (Å²) in [5, 5.41) is 0. The molecule has 21 heavy (non-hydrogen) atoms. The molecule has 0 spiro atoms. The zero-order chi connectivity index (χ0) is 14.4. The predicted molar refractivity (Wildman–Crippen MR) is 79.6 cm³/mol. The van der Waals surface area contributed by atoms with Crippen molar-refractivity contribution in [2.24, 2.45) is 17.3 Å². The van der Waals surface area contributed by atoms with Crippen molar-refractivity contribution in [3.05, 3.63) is 35.9 Å². The van der Waals surface area contributed by atoms with Crippen LogP contribution in [-0.4, -0.2) is 29.6 Å². The number of rotatable bonds is 3. The Labute approximate surface area is 125 Å². The van der Waals surface area contributed by atoms with E-state index in [-0.39, 0.29) is 17.3 Å². The maximum absolute atomic E-state index is 12.3. The van der Waals surface area contributed by atoms with E-state index in [9.17, 15) is 9.59 Å². The Balaban J connectivity index is 1.64. The Morgan fingerprint density at radius 1 is 1.24 bits per heavy atom. The molecule has 0 aromatic heterocycles. The van der Waals surface area contributed by atoms with Crippen LogP contribution in [0.25, 0.3) is 0 Å². The number of Topliss-reactive ketones (excluding diaryl/α,β-unsaturated/α-hetero) is 1. The average molecular weight is 283 g/mol. The fraction of sp³-hybridized carbons (Fsp3) is 0.556. The fourth-order valence-electron chi connectivity index (χ4n) is 5.11. The van der Waals surface area contributed by atoms with Gasteiger partial charge in [0.2, 0.25) is 0 Å². The van der Waals surface area contributed by atoms with Gasteiger partial charge in [0.1, 0.15) is 12.1 Å². The number of nitrogens with zero attached hydrogens (tertiary/aromatic N) is 1. The van der Waals surface area contributed by atoms with Gasteiger partial charge in [-0.25, -0.2) is 0 Å². The van der Waals surface area contributed by atoms with Crippen molar-refractivity contribution in [2.75, 3.05) is 6.54 Å². The van der Waals surface area contributed by atoms with Crippen LogP contribution >= 0.6 is 0 Å². The number of ketones is 1. The molecule has 1 heterocycles. The van der Waals surface area contributed by atoms with E-state index in [0.717, 1.165) is 38.6 Å². The van der Waals surface area contributed by atoms with Crippen LogP contribution < -0.4 is 0 Å². The van der Waals surface area contributed by atoms with Crippen LogP contribution in [0.3, 0.4) is 0 Å². The zero-order valence-corrected chi connectivity index (χ0v) is 12.2. The van der Waals surface area contributed by atoms with Gasteiger partial charge in [-0.1, -0.05) is 36.8 Å². The van der Waals surface area contributed by atoms with Crippen LogP contribution in [0.15, 0.2) is 30.3 Å². The molecule has 1 aliphatic heterocycles. The molecule has 3 heteroatoms. The summed E-state index contributed by atoms with van der Waals surface area (Å²) in [4.78, 5) is 26.5. The van der Waals surface area contributed by atoms with Gasteiger partial charge in [0.15, 0.2) is 0 Å². The first-order valence-corrected chi connectivity index (χ1v) is 8.00. The molecule has 2 aliphatic carbocycles. The molecule has 0 radical (unpaired) electrons. The molecule has 0 bridgehead atoms. The second-order valence-electron chi connectivity index (χ2n) is 7.02. The molecule has 1 aromatic rings. The highest BCUT2D eigenvalue weighted by atomic mass is 16.1. The lowest BCUT2D eigenvalue weighted by molar-refractivity contribution is -0.124. The number of likely N-dealkylation sites (tertiary alicyclic amines) is 1. The van der Waals surface area contributed by atoms with Crippen LogP contribution in [0.5, 0.6) is 0 Å². The molecular weight excluding hydrogens is 262 g/mol. The summed E-state index contributed by atoms with van der Waals surface area (Å²) in [6, 6.07) is 10.9. The van der Waals surface area contributed by atoms with Crippen LogP contribution in [-0.2, 0) is 16.1 Å². The van der Waals surface area contributed by atoms with Crippen LogP contribution in [0.4, 0.5) is 0 Å². The van der Waals surface area contributed by atoms with E-state index in [1.54, 1.807) is 0 Å². The third kappa shape index (κ3) is 1.90. The van der Waals surface area contributed by atoms with E-state index in [0.29, 0.717) is 18.2 Å². The minimum absolute atomic E-state index is 0.148. The summed E-state index contributed by atoms with van der Waals surface area (Å²) in [5.74, 6) is 0.769. The van der Waals surface area contributed by atoms with Gasteiger partial charge >= 0.3 is 0 Å². The van der Waals surface area contributed by atoms with Crippen molar-refractivity contribution >= 4 is 12.1 Å². The summed E-state index contributed by atoms with van der Waals surface area (Å²) in [6.07, 6.45) is 4.84. The van der Waals surface area contributed by atoms with Crippen molar-refractivity contribution in [3.8, 4) is 0 Å². The van der Waals surface area contributed by atoms with E-state index >= 15 is 0 Å². The highest BCUT2D eigenvalue weighted by molar-refractivity contribution is 5.90. The third-order valence-electron chi connectivity index (χ3n) is 5.87. The number of carbonyl (C=O) groups excluding carboxylic acids is 2. The third-order valence-corrected chi connectivity index (χ3v) is 5.87. The van der Waals surface area contributed by atoms with E-state index in [4.69, 9.17) is 0 Å². The molecule has 2 saturated carbocycles. The van der Waals surface area contributed by atoms with Crippen molar-refractivity contribution in [1.29, 1.82) is 0 Å². The molecule has 4 rings (SSSR count). The highest BCUT2D eigenvalue weighted by Gasteiger charge is 2.62. The first kappa shape index (κ1) is 13.2. The summed E-state index contributed by atoms with van der Waals surface area (Å²) in [7, 11) is 0. The SMILES string of the molecule is O=C[C@]12CC(=O)[C@H]3CCC[C@H]([C@H]31)N(Cc1ccccc1)C2. The van der Waals surface area contributed by atoms with E-state index in [1.807, 2.05) is 6.07 Å². The lowest BCUT2D eigenvalue weighted by Crippen LogP contribution is -2.39. The van der Waals surface area contributed by atoms with Crippen molar-refractivity contribution in [1.82, 2.24) is 4.90 Å². The molecular formula is C18H21NO2. The number of carbonyl (C=O) groups is 2. The van der Waals surface area contributed by atoms with Gasteiger partial charge < -0.3 is 4.79 Å². The van der Waals surface area contributed by atoms with Gasteiger partial charge in [-0.3, -0.25) is 9.69 Å². The normalized spacial score (nSPS) is 38.5. The summed E-state index contributed by atoms with van der Waals surface area (Å²) >= 11 is 0. The van der Waals surface area contributed by atoms with E-state index in [2.05, 4.69) is 29.2 Å². The van der Waals surface area contributed by atoms with Crippen molar-refractivity contribution < 1.29 is 9.59 Å². The van der Waals surface area contributed by atoms with Gasteiger partial charge in [0.25, 0.3) is 0 Å². The van der Waals surface area contributed by atoms with Crippen molar-refractivity contribution in [3.63, 3.8) is 0 Å². The Morgan fingerprint density at radius 2 is 2.05 bits per heavy atom. The summed E-state index contributed by atoms with van der Waals surface area (Å²) in [6.45, 7) is 1.67. The fourth-order valence-corrected chi connectivity index (χ4v) is 5.11. The number of hydrogen-bond donors (Lipinski definition) is 0. The predicted octanol–water partition coefficient (Wildman–Crippen LogP) is 2.45. The minimum Gasteiger partial charge on any atom is -0.303 e. The average Bonchev–Trinajstić information content (AvgIpc) is 2.98. The lowest BCUT2D eigenvalue weighted by Gasteiger charge is -2.35. The molecule has 110 valence electrons. The van der Waals surface area contributed by atoms with E-state index < -0.39 is 0 Å². The first-order valence-electron chi connectivity index (χ1n) is 8.00. The van der Waals surface area contributed by atoms with Gasteiger partial charge in [0.05, 0.1) is 5.41 Å². The van der Waals surface area contributed by atoms with Crippen LogP contribution in [0, 0.1) is 17.3 Å². The van der Waals surface area contributed by atoms with Gasteiger partial charge in [0, 0.05) is 31.5 Å². The molecule has 1 saturated heterocycles. The van der Waals surface area contributed by atoms with E-state index in [1.165, 1.54) is 5.56 Å². The second kappa shape index (κ2) is 4.77. The first-order chi connectivity index (χ1) is 10.2. The standard InChI is InChI=1S/C18H21NO2/c20-12-18-9-16(21)14-7-4-8-15(17(14)18)19(11-18)10-13-5-2-1-3-6-13/h1-3,5-6,12,14-15,17H,4,7-11H2/t14-,15-,17+,18-/m1/s1. The number of aldehydes is 1. The molecule has 3 nitrogen and oxygen atoms in total. The maximum Gasteiger partial charge on any atom is 0.137 e. The molecule has 1 aromatic carbocycles. The maximum atomic E-state index is 12.3. The van der Waals surface area contributed by atoms with Gasteiger partial charge in [-0.2, -0.15) is 0 Å². The molecule has 0 amide bonds. The molecule has 3 fully saturated rings. The highest BCUT2D eigenvalue weighted by Crippen LogP contribution is 2.56. The summed E-state index contributed by atoms with van der Waals surface area (Å²) < 4.78 is 0. The number of benzene rings is 1. The minimum atomic E-state index is -0.387. The lowest BCUT2D eigenvalue weighted by atomic mass is 9.71. The Bertz CT molecular complexity index is 570. The Hall–Kier alpha value is -1.48. The van der Waals surface area contributed by atoms with Gasteiger partial charge in [-0.05, 0) is 24.3 Å². The number of hydrogen-bond acceptors (Lipinski definition) is 3. The second-order valence-corrected chi connectivity index (χ2v) is 7.02. The largest absolute Gasteiger partial charge is 0.303 e. The topological polar surface area (TPSA) is 37.4 Å². The molecule has 3 aliphatic rings. The summed E-state index contributed by atoms with van der Waals surface area (Å²) in [5.41, 5.74) is 0.911. The molecule has 0 N–H and O–H groups in total. The Kier molecular flexibility index (Phi) is 3.00. The van der Waals surface area contributed by atoms with Gasteiger partial charge in [-0.15, -0.1) is 0 Å². The molecule has 0 unspecified atom stereocenters.